The summed E-state index contributed by atoms with van der Waals surface area (Å²) in [5.41, 5.74) is 4.32. The molecule has 0 fully saturated rings. The molecule has 3 aromatic rings. The molecule has 0 unspecified atom stereocenters. The van der Waals surface area contributed by atoms with Crippen molar-refractivity contribution in [2.75, 3.05) is 0 Å². The van der Waals surface area contributed by atoms with E-state index in [1.54, 1.807) is 6.20 Å². The number of aromatic nitrogens is 1. The first kappa shape index (κ1) is 14.8. The van der Waals surface area contributed by atoms with Crippen LogP contribution in [-0.2, 0) is 0 Å². The van der Waals surface area contributed by atoms with Gasteiger partial charge in [0.2, 0.25) is 0 Å². The molecule has 2 heterocycles. The van der Waals surface area contributed by atoms with E-state index in [0.717, 1.165) is 27.6 Å². The molecular weight excluding hydrogens is 315 g/mol. The third-order valence-corrected chi connectivity index (χ3v) is 8.37. The van der Waals surface area contributed by atoms with Gasteiger partial charge in [-0.15, -0.1) is 0 Å². The van der Waals surface area contributed by atoms with E-state index >= 15 is 0 Å². The van der Waals surface area contributed by atoms with Gasteiger partial charge in [-0.05, 0) is 39.7 Å². The molecule has 0 saturated carbocycles. The SMILES string of the molecule is C[Si]1(C)c2c(-c3ccccn3)cccc2-c2ccc(F)c(C#N)c21. The van der Waals surface area contributed by atoms with Gasteiger partial charge in [-0.25, -0.2) is 4.39 Å². The smallest absolute Gasteiger partial charge is 0.140 e. The summed E-state index contributed by atoms with van der Waals surface area (Å²) in [6, 6.07) is 17.3. The van der Waals surface area contributed by atoms with Crippen molar-refractivity contribution in [3.05, 3.63) is 66.1 Å². The third-order valence-electron chi connectivity index (χ3n) is 4.81. The molecule has 2 aromatic carbocycles. The predicted molar refractivity (Wildman–Crippen MR) is 96.5 cm³/mol. The van der Waals surface area contributed by atoms with Gasteiger partial charge in [-0.2, -0.15) is 5.26 Å². The van der Waals surface area contributed by atoms with Gasteiger partial charge in [-0.3, -0.25) is 4.98 Å². The predicted octanol–water partition coefficient (Wildman–Crippen LogP) is 3.56. The zero-order valence-electron chi connectivity index (χ0n) is 13.5. The highest BCUT2D eigenvalue weighted by atomic mass is 28.3. The average Bonchev–Trinajstić information content (AvgIpc) is 2.84. The van der Waals surface area contributed by atoms with E-state index in [9.17, 15) is 9.65 Å². The molecule has 0 aliphatic carbocycles. The van der Waals surface area contributed by atoms with Crippen molar-refractivity contribution in [1.82, 2.24) is 4.98 Å². The highest BCUT2D eigenvalue weighted by Crippen LogP contribution is 2.34. The number of pyridine rings is 1. The fraction of sp³-hybridized carbons (Fsp3) is 0.100. The van der Waals surface area contributed by atoms with Crippen LogP contribution in [0.3, 0.4) is 0 Å². The second kappa shape index (κ2) is 5.12. The van der Waals surface area contributed by atoms with Gasteiger partial charge in [0.1, 0.15) is 20.0 Å². The van der Waals surface area contributed by atoms with Gasteiger partial charge in [-0.1, -0.05) is 43.4 Å². The summed E-state index contributed by atoms with van der Waals surface area (Å²) in [7, 11) is -2.21. The van der Waals surface area contributed by atoms with Crippen molar-refractivity contribution in [1.29, 1.82) is 5.26 Å². The van der Waals surface area contributed by atoms with Crippen LogP contribution < -0.4 is 10.4 Å². The molecule has 4 rings (SSSR count). The first-order valence-electron chi connectivity index (χ1n) is 7.84. The third kappa shape index (κ3) is 1.88. The molecule has 0 atom stereocenters. The van der Waals surface area contributed by atoms with Gasteiger partial charge in [0.25, 0.3) is 0 Å². The largest absolute Gasteiger partial charge is 0.256 e. The molecule has 0 radical (unpaired) electrons. The minimum atomic E-state index is -2.21. The minimum absolute atomic E-state index is 0.201. The number of nitrogens with zero attached hydrogens (tertiary/aromatic N) is 2. The Labute approximate surface area is 141 Å². The molecular formula is C20H15FN2Si. The van der Waals surface area contributed by atoms with Crippen molar-refractivity contribution in [3.8, 4) is 28.5 Å². The van der Waals surface area contributed by atoms with E-state index in [4.69, 9.17) is 0 Å². The van der Waals surface area contributed by atoms with Gasteiger partial charge in [0, 0.05) is 11.8 Å². The number of hydrogen-bond acceptors (Lipinski definition) is 2. The molecule has 0 saturated heterocycles. The fourth-order valence-corrected chi connectivity index (χ4v) is 7.59. The Morgan fingerprint density at radius 3 is 2.38 bits per heavy atom. The van der Waals surface area contributed by atoms with E-state index in [-0.39, 0.29) is 5.56 Å². The summed E-state index contributed by atoms with van der Waals surface area (Å²) < 4.78 is 14.2. The van der Waals surface area contributed by atoms with Crippen LogP contribution in [-0.4, -0.2) is 13.1 Å². The van der Waals surface area contributed by atoms with E-state index in [1.165, 1.54) is 11.3 Å². The number of hydrogen-bond donors (Lipinski definition) is 0. The molecule has 1 aliphatic rings. The summed E-state index contributed by atoms with van der Waals surface area (Å²) >= 11 is 0. The molecule has 0 amide bonds. The summed E-state index contributed by atoms with van der Waals surface area (Å²) in [6.07, 6.45) is 1.78. The minimum Gasteiger partial charge on any atom is -0.256 e. The summed E-state index contributed by atoms with van der Waals surface area (Å²) in [5.74, 6) is -0.427. The monoisotopic (exact) mass is 330 g/mol. The Morgan fingerprint density at radius 1 is 0.917 bits per heavy atom. The van der Waals surface area contributed by atoms with Crippen molar-refractivity contribution in [3.63, 3.8) is 0 Å². The van der Waals surface area contributed by atoms with Gasteiger partial charge >= 0.3 is 0 Å². The lowest BCUT2D eigenvalue weighted by Gasteiger charge is -2.22. The number of nitriles is 1. The van der Waals surface area contributed by atoms with Gasteiger partial charge in [0.05, 0.1) is 11.3 Å². The second-order valence-corrected chi connectivity index (χ2v) is 10.8. The Balaban J connectivity index is 2.09. The Morgan fingerprint density at radius 2 is 1.67 bits per heavy atom. The maximum Gasteiger partial charge on any atom is 0.140 e. The van der Waals surface area contributed by atoms with Crippen molar-refractivity contribution in [2.45, 2.75) is 13.1 Å². The molecule has 24 heavy (non-hydrogen) atoms. The first-order chi connectivity index (χ1) is 11.6. The molecule has 0 spiro atoms. The Kier molecular flexibility index (Phi) is 3.15. The maximum absolute atomic E-state index is 14.2. The van der Waals surface area contributed by atoms with Crippen LogP contribution in [0.2, 0.25) is 13.1 Å². The molecule has 1 aliphatic heterocycles. The molecule has 4 heteroatoms. The summed E-state index contributed by atoms with van der Waals surface area (Å²) in [6.45, 7) is 4.37. The fourth-order valence-electron chi connectivity index (χ4n) is 3.87. The Bertz CT molecular complexity index is 1000. The maximum atomic E-state index is 14.2. The number of fused-ring (bicyclic) bond motifs is 3. The lowest BCUT2D eigenvalue weighted by Crippen LogP contribution is -2.51. The van der Waals surface area contributed by atoms with Crippen molar-refractivity contribution < 1.29 is 4.39 Å². The number of benzene rings is 2. The Hall–Kier alpha value is -2.77. The van der Waals surface area contributed by atoms with Crippen molar-refractivity contribution in [2.24, 2.45) is 0 Å². The molecule has 116 valence electrons. The number of halogens is 1. The average molecular weight is 330 g/mol. The van der Waals surface area contributed by atoms with E-state index in [0.29, 0.717) is 0 Å². The number of rotatable bonds is 1. The van der Waals surface area contributed by atoms with Crippen LogP contribution in [0.15, 0.2) is 54.7 Å². The van der Waals surface area contributed by atoms with Crippen LogP contribution in [0, 0.1) is 17.1 Å². The van der Waals surface area contributed by atoms with Crippen LogP contribution in [0.4, 0.5) is 4.39 Å². The van der Waals surface area contributed by atoms with E-state index in [2.05, 4.69) is 36.3 Å². The molecule has 2 nitrogen and oxygen atoms in total. The molecule has 0 N–H and O–H groups in total. The lowest BCUT2D eigenvalue weighted by molar-refractivity contribution is 0.625. The van der Waals surface area contributed by atoms with Gasteiger partial charge in [0.15, 0.2) is 0 Å². The van der Waals surface area contributed by atoms with Crippen LogP contribution in [0.1, 0.15) is 5.56 Å². The summed E-state index contributed by atoms with van der Waals surface area (Å²) in [4.78, 5) is 4.50. The standard InChI is InChI=1S/C20H15FN2Si/c1-24(2)19-13(14-9-10-17(21)16(12-22)20(14)24)6-5-7-15(19)18-8-3-4-11-23-18/h3-11H,1-2H3. The highest BCUT2D eigenvalue weighted by molar-refractivity contribution is 7.05. The molecule has 0 bridgehead atoms. The molecule has 1 aromatic heterocycles. The zero-order valence-corrected chi connectivity index (χ0v) is 14.5. The normalized spacial score (nSPS) is 13.9. The van der Waals surface area contributed by atoms with Crippen molar-refractivity contribution >= 4 is 18.4 Å². The lowest BCUT2D eigenvalue weighted by atomic mass is 10.00. The van der Waals surface area contributed by atoms with Crippen LogP contribution >= 0.6 is 0 Å². The van der Waals surface area contributed by atoms with Crippen LogP contribution in [0.25, 0.3) is 22.4 Å². The zero-order chi connectivity index (χ0) is 16.9. The van der Waals surface area contributed by atoms with Crippen LogP contribution in [0.5, 0.6) is 0 Å². The second-order valence-electron chi connectivity index (χ2n) is 6.52. The van der Waals surface area contributed by atoms with E-state index < -0.39 is 13.9 Å². The van der Waals surface area contributed by atoms with E-state index in [1.807, 2.05) is 30.3 Å². The summed E-state index contributed by atoms with van der Waals surface area (Å²) in [5, 5.41) is 11.6. The topological polar surface area (TPSA) is 36.7 Å². The first-order valence-corrected chi connectivity index (χ1v) is 10.8. The highest BCUT2D eigenvalue weighted by Gasteiger charge is 2.42. The van der Waals surface area contributed by atoms with Gasteiger partial charge < -0.3 is 0 Å². The quantitative estimate of drug-likeness (QED) is 0.640.